The van der Waals surface area contributed by atoms with Gasteiger partial charge in [0.05, 0.1) is 0 Å². The molecule has 0 spiro atoms. The minimum atomic E-state index is -1.08. The second-order valence-corrected chi connectivity index (χ2v) is 8.79. The molecule has 0 unspecified atom stereocenters. The number of hydrogen-bond donors (Lipinski definition) is 1. The van der Waals surface area contributed by atoms with Gasteiger partial charge in [-0.3, -0.25) is 4.79 Å². The maximum Gasteiger partial charge on any atom is 0.267 e. The highest BCUT2D eigenvalue weighted by atomic mass is 35.5. The Kier molecular flexibility index (Phi) is 5.21. The van der Waals surface area contributed by atoms with Gasteiger partial charge in [-0.2, -0.15) is 9.61 Å². The van der Waals surface area contributed by atoms with Crippen molar-refractivity contribution < 1.29 is 9.53 Å². The fraction of sp³-hybridized carbons (Fsp3) is 0.238. The molecule has 7 nitrogen and oxygen atoms in total. The number of rotatable bonds is 5. The van der Waals surface area contributed by atoms with Crippen LogP contribution in [0.3, 0.4) is 0 Å². The van der Waals surface area contributed by atoms with Gasteiger partial charge in [0.25, 0.3) is 5.91 Å². The number of halogens is 1. The van der Waals surface area contributed by atoms with E-state index in [0.29, 0.717) is 16.5 Å². The van der Waals surface area contributed by atoms with Crippen molar-refractivity contribution in [3.63, 3.8) is 0 Å². The van der Waals surface area contributed by atoms with E-state index in [1.165, 1.54) is 11.3 Å². The van der Waals surface area contributed by atoms with E-state index >= 15 is 0 Å². The lowest BCUT2D eigenvalue weighted by Crippen LogP contribution is -2.42. The first-order valence-electron chi connectivity index (χ1n) is 9.29. The van der Waals surface area contributed by atoms with Crippen molar-refractivity contribution in [1.29, 1.82) is 0 Å². The molecule has 9 heteroatoms. The highest BCUT2D eigenvalue weighted by molar-refractivity contribution is 7.19. The van der Waals surface area contributed by atoms with Gasteiger partial charge >= 0.3 is 0 Å². The average molecular weight is 442 g/mol. The van der Waals surface area contributed by atoms with Gasteiger partial charge in [-0.25, -0.2) is 0 Å². The third-order valence-electron chi connectivity index (χ3n) is 4.61. The Morgan fingerprint density at radius 3 is 2.57 bits per heavy atom. The number of anilines is 1. The molecule has 0 saturated carbocycles. The second-order valence-electron chi connectivity index (χ2n) is 7.40. The predicted octanol–water partition coefficient (Wildman–Crippen LogP) is 4.92. The Morgan fingerprint density at radius 1 is 1.13 bits per heavy atom. The SMILES string of the molecule is Cc1ccc(-c2nn3c(C)nnc3s2)cc1NC(=O)C(C)(C)Oc1ccc(Cl)cc1. The van der Waals surface area contributed by atoms with Crippen LogP contribution in [0.2, 0.25) is 5.02 Å². The first-order valence-corrected chi connectivity index (χ1v) is 10.5. The Labute approximate surface area is 182 Å². The van der Waals surface area contributed by atoms with Crippen molar-refractivity contribution in [2.75, 3.05) is 5.32 Å². The van der Waals surface area contributed by atoms with Gasteiger partial charge in [0.15, 0.2) is 11.4 Å². The highest BCUT2D eigenvalue weighted by Crippen LogP contribution is 2.30. The quantitative estimate of drug-likeness (QED) is 0.475. The van der Waals surface area contributed by atoms with Crippen molar-refractivity contribution >= 4 is 39.5 Å². The molecule has 0 atom stereocenters. The van der Waals surface area contributed by atoms with E-state index in [0.717, 1.165) is 26.9 Å². The van der Waals surface area contributed by atoms with Crippen LogP contribution in [0.15, 0.2) is 42.5 Å². The number of carbonyl (C=O) groups is 1. The first-order chi connectivity index (χ1) is 14.2. The van der Waals surface area contributed by atoms with Crippen LogP contribution in [0.4, 0.5) is 5.69 Å². The summed E-state index contributed by atoms with van der Waals surface area (Å²) < 4.78 is 7.60. The van der Waals surface area contributed by atoms with Crippen LogP contribution in [0, 0.1) is 13.8 Å². The number of hydrogen-bond acceptors (Lipinski definition) is 6. The molecule has 0 saturated heterocycles. The first kappa shape index (κ1) is 20.3. The summed E-state index contributed by atoms with van der Waals surface area (Å²) in [5.41, 5.74) is 1.45. The number of aromatic nitrogens is 4. The van der Waals surface area contributed by atoms with Crippen LogP contribution in [0.25, 0.3) is 15.5 Å². The lowest BCUT2D eigenvalue weighted by molar-refractivity contribution is -0.128. The zero-order chi connectivity index (χ0) is 21.5. The van der Waals surface area contributed by atoms with Crippen LogP contribution in [0.1, 0.15) is 25.2 Å². The van der Waals surface area contributed by atoms with Gasteiger partial charge in [0, 0.05) is 16.3 Å². The summed E-state index contributed by atoms with van der Waals surface area (Å²) in [6.45, 7) is 7.24. The topological polar surface area (TPSA) is 81.4 Å². The number of nitrogens with zero attached hydrogens (tertiary/aromatic N) is 4. The Morgan fingerprint density at radius 2 is 1.87 bits per heavy atom. The number of amides is 1. The zero-order valence-electron chi connectivity index (χ0n) is 16.9. The molecule has 0 aliphatic carbocycles. The number of fused-ring (bicyclic) bond motifs is 1. The lowest BCUT2D eigenvalue weighted by atomic mass is 10.1. The van der Waals surface area contributed by atoms with Gasteiger partial charge in [-0.05, 0) is 63.6 Å². The molecule has 0 aliphatic rings. The molecule has 1 amide bonds. The van der Waals surface area contributed by atoms with E-state index in [4.69, 9.17) is 16.3 Å². The van der Waals surface area contributed by atoms with E-state index in [1.54, 1.807) is 42.6 Å². The molecule has 2 aromatic carbocycles. The monoisotopic (exact) mass is 441 g/mol. The highest BCUT2D eigenvalue weighted by Gasteiger charge is 2.30. The van der Waals surface area contributed by atoms with Gasteiger partial charge in [-0.15, -0.1) is 10.2 Å². The molecule has 30 heavy (non-hydrogen) atoms. The largest absolute Gasteiger partial charge is 0.478 e. The molecule has 1 N–H and O–H groups in total. The number of benzene rings is 2. The number of carbonyl (C=O) groups excluding carboxylic acids is 1. The molecule has 0 bridgehead atoms. The number of ether oxygens (including phenoxy) is 1. The van der Waals surface area contributed by atoms with Gasteiger partial charge in [0.2, 0.25) is 4.96 Å². The Hall–Kier alpha value is -2.97. The van der Waals surface area contributed by atoms with Crippen molar-refractivity contribution in [3.05, 3.63) is 58.9 Å². The maximum absolute atomic E-state index is 13.0. The van der Waals surface area contributed by atoms with Crippen LogP contribution in [-0.2, 0) is 4.79 Å². The summed E-state index contributed by atoms with van der Waals surface area (Å²) in [6, 6.07) is 12.8. The molecule has 154 valence electrons. The zero-order valence-corrected chi connectivity index (χ0v) is 18.5. The van der Waals surface area contributed by atoms with E-state index in [9.17, 15) is 4.79 Å². The van der Waals surface area contributed by atoms with Crippen LogP contribution < -0.4 is 10.1 Å². The van der Waals surface area contributed by atoms with Gasteiger partial charge in [0.1, 0.15) is 10.8 Å². The maximum atomic E-state index is 13.0. The summed E-state index contributed by atoms with van der Waals surface area (Å²) in [4.78, 5) is 13.7. The molecular weight excluding hydrogens is 422 g/mol. The summed E-state index contributed by atoms with van der Waals surface area (Å²) in [5.74, 6) is 1.04. The van der Waals surface area contributed by atoms with Gasteiger partial charge < -0.3 is 10.1 Å². The molecule has 2 aromatic heterocycles. The molecule has 4 aromatic rings. The van der Waals surface area contributed by atoms with E-state index in [2.05, 4.69) is 20.6 Å². The third-order valence-corrected chi connectivity index (χ3v) is 5.81. The van der Waals surface area contributed by atoms with Crippen molar-refractivity contribution in [1.82, 2.24) is 19.8 Å². The van der Waals surface area contributed by atoms with E-state index in [-0.39, 0.29) is 5.91 Å². The summed E-state index contributed by atoms with van der Waals surface area (Å²) in [6.07, 6.45) is 0. The summed E-state index contributed by atoms with van der Waals surface area (Å²) in [7, 11) is 0. The standard InChI is InChI=1S/C21H20ClN5O2S/c1-12-5-6-14(18-26-27-13(2)24-25-20(27)30-18)11-17(12)23-19(28)21(3,4)29-16-9-7-15(22)8-10-16/h5-11H,1-4H3,(H,23,28). The van der Waals surface area contributed by atoms with Gasteiger partial charge in [-0.1, -0.05) is 35.1 Å². The minimum absolute atomic E-state index is 0.258. The van der Waals surface area contributed by atoms with Crippen LogP contribution in [-0.4, -0.2) is 31.3 Å². The molecule has 4 rings (SSSR count). The van der Waals surface area contributed by atoms with Crippen LogP contribution >= 0.6 is 22.9 Å². The lowest BCUT2D eigenvalue weighted by Gasteiger charge is -2.26. The second kappa shape index (κ2) is 7.70. The van der Waals surface area contributed by atoms with Crippen molar-refractivity contribution in [2.24, 2.45) is 0 Å². The minimum Gasteiger partial charge on any atom is -0.478 e. The smallest absolute Gasteiger partial charge is 0.267 e. The number of nitrogens with one attached hydrogen (secondary N) is 1. The van der Waals surface area contributed by atoms with Crippen molar-refractivity contribution in [2.45, 2.75) is 33.3 Å². The summed E-state index contributed by atoms with van der Waals surface area (Å²) in [5, 5.41) is 17.1. The molecular formula is C21H20ClN5O2S. The average Bonchev–Trinajstić information content (AvgIpc) is 3.27. The molecule has 0 fully saturated rings. The fourth-order valence-electron chi connectivity index (χ4n) is 2.84. The normalized spacial score (nSPS) is 11.6. The van der Waals surface area contributed by atoms with Crippen LogP contribution in [0.5, 0.6) is 5.75 Å². The number of aryl methyl sites for hydroxylation is 2. The molecule has 0 radical (unpaired) electrons. The van der Waals surface area contributed by atoms with E-state index in [1.807, 2.05) is 32.0 Å². The molecule has 2 heterocycles. The Balaban J connectivity index is 1.56. The Bertz CT molecular complexity index is 1230. The summed E-state index contributed by atoms with van der Waals surface area (Å²) >= 11 is 7.36. The fourth-order valence-corrected chi connectivity index (χ4v) is 3.84. The van der Waals surface area contributed by atoms with E-state index < -0.39 is 5.60 Å². The van der Waals surface area contributed by atoms with Crippen molar-refractivity contribution in [3.8, 4) is 16.3 Å². The predicted molar refractivity (Wildman–Crippen MR) is 118 cm³/mol. The third kappa shape index (κ3) is 4.01. The molecule has 0 aliphatic heterocycles.